The van der Waals surface area contributed by atoms with Crippen molar-refractivity contribution in [2.24, 2.45) is 41.4 Å². The molecule has 1 aliphatic carbocycles. The Morgan fingerprint density at radius 1 is 0.817 bits per heavy atom. The molecule has 2 N–H and O–H groups in total. The predicted octanol–water partition coefficient (Wildman–Crippen LogP) is 7.24. The SMILES string of the molecule is COC1CC(C[C@H](C)[C@@H]2CC(=O)[C@H](C)/C=C(\C)C(O)[C@@H](OC)C(=O)[C@H](C)C[C@H](C)/C=C/C=C/C=C(\C)[C@@H](OC)C[C@@H]3CC[C@@H](C)[C@@](O)(O3)C(=O)C(=O)N3CCCC[C@H]3C(=O)O2)CCC1OC1COCC1C. The number of ether oxygens (including phenoxy) is 7. The molecule has 2 bridgehead atoms. The molecule has 15 nitrogen and oxygen atoms in total. The number of rotatable bonds is 8. The van der Waals surface area contributed by atoms with Crippen LogP contribution in [0.3, 0.4) is 0 Å². The molecule has 0 aromatic rings. The van der Waals surface area contributed by atoms with Crippen molar-refractivity contribution in [3.05, 3.63) is 47.6 Å². The summed E-state index contributed by atoms with van der Waals surface area (Å²) in [5, 5.41) is 23.5. The number of hydrogen-bond acceptors (Lipinski definition) is 14. The number of ketones is 3. The number of carbonyl (C=O) groups is 5. The van der Waals surface area contributed by atoms with Gasteiger partial charge in [-0.3, -0.25) is 19.2 Å². The zero-order valence-electron chi connectivity index (χ0n) is 44.5. The summed E-state index contributed by atoms with van der Waals surface area (Å²) in [6.07, 6.45) is 12.5. The monoisotopic (exact) mass is 998 g/mol. The first kappa shape index (κ1) is 58.5. The molecule has 3 saturated heterocycles. The smallest absolute Gasteiger partial charge is 0.329 e. The minimum Gasteiger partial charge on any atom is -0.460 e. The summed E-state index contributed by atoms with van der Waals surface area (Å²) in [6, 6.07) is -1.14. The molecule has 0 aromatic heterocycles. The van der Waals surface area contributed by atoms with E-state index in [1.165, 1.54) is 12.0 Å². The molecule has 1 amide bonds. The molecule has 400 valence electrons. The molecule has 0 spiro atoms. The highest BCUT2D eigenvalue weighted by molar-refractivity contribution is 6.39. The number of allylic oxidation sites excluding steroid dienone is 6. The molecule has 0 aromatic carbocycles. The van der Waals surface area contributed by atoms with Crippen LogP contribution >= 0.6 is 0 Å². The zero-order valence-corrected chi connectivity index (χ0v) is 44.5. The van der Waals surface area contributed by atoms with Gasteiger partial charge in [0.25, 0.3) is 11.7 Å². The standard InChI is InChI=1S/C56H87NO14/c1-33-17-13-12-14-18-34(2)46(65-9)29-42-22-20-40(8)56(64,71-42)53(61)54(62)57-24-16-15-19-43(57)55(63)70-47(30-44(58)35(3)26-38(6)51(60)52(67-11)50(59)37(5)25-33)36(4)27-41-21-23-45(48(28-41)66-10)69-49-32-68-31-39(49)7/h12-14,17-18,26,33,35-37,39-43,45-49,51-52,60,64H,15-16,19-25,27-32H2,1-11H3/b14-12+,17-13+,34-18+,38-26+/t33-,35-,36+,37-,39?,40-,41?,42+,43+,45?,46+,47+,48?,49?,51?,52+,56-/m1/s1. The van der Waals surface area contributed by atoms with Crippen LogP contribution < -0.4 is 0 Å². The Labute approximate surface area is 423 Å². The van der Waals surface area contributed by atoms with Gasteiger partial charge < -0.3 is 48.3 Å². The zero-order chi connectivity index (χ0) is 52.2. The van der Waals surface area contributed by atoms with Crippen molar-refractivity contribution in [3.63, 3.8) is 0 Å². The Hall–Kier alpha value is -3.41. The van der Waals surface area contributed by atoms with E-state index in [2.05, 4.69) is 6.92 Å². The molecular formula is C56H87NO14. The summed E-state index contributed by atoms with van der Waals surface area (Å²) >= 11 is 0. The molecule has 0 radical (unpaired) electrons. The van der Waals surface area contributed by atoms with E-state index >= 15 is 0 Å². The number of Topliss-reactive ketones (excluding diaryl/α,β-unsaturated/α-hetero) is 3. The van der Waals surface area contributed by atoms with E-state index in [9.17, 15) is 34.2 Å². The second-order valence-corrected chi connectivity index (χ2v) is 21.8. The fourth-order valence-electron chi connectivity index (χ4n) is 11.3. The minimum absolute atomic E-state index is 0.00585. The maximum Gasteiger partial charge on any atom is 0.329 e. The summed E-state index contributed by atoms with van der Waals surface area (Å²) in [6.45, 7) is 16.2. The van der Waals surface area contributed by atoms with Gasteiger partial charge in [-0.15, -0.1) is 0 Å². The van der Waals surface area contributed by atoms with Crippen LogP contribution in [0.15, 0.2) is 47.6 Å². The first-order valence-corrected chi connectivity index (χ1v) is 26.4. The van der Waals surface area contributed by atoms with Crippen LogP contribution in [0.1, 0.15) is 132 Å². The Balaban J connectivity index is 1.45. The molecule has 4 fully saturated rings. The molecule has 71 heavy (non-hydrogen) atoms. The molecule has 15 heteroatoms. The summed E-state index contributed by atoms with van der Waals surface area (Å²) in [5.41, 5.74) is 1.28. The van der Waals surface area contributed by atoms with Crippen molar-refractivity contribution < 1.29 is 67.3 Å². The highest BCUT2D eigenvalue weighted by Crippen LogP contribution is 2.39. The van der Waals surface area contributed by atoms with Crippen molar-refractivity contribution in [2.45, 2.75) is 193 Å². The van der Waals surface area contributed by atoms with Crippen molar-refractivity contribution in [2.75, 3.05) is 41.1 Å². The number of fused-ring (bicyclic) bond motifs is 3. The van der Waals surface area contributed by atoms with Crippen molar-refractivity contribution in [1.29, 1.82) is 0 Å². The van der Waals surface area contributed by atoms with Crippen LogP contribution in [-0.4, -0.2) is 146 Å². The van der Waals surface area contributed by atoms with Crippen LogP contribution in [0.5, 0.6) is 0 Å². The fourth-order valence-corrected chi connectivity index (χ4v) is 11.3. The minimum atomic E-state index is -2.43. The second kappa shape index (κ2) is 27.2. The van der Waals surface area contributed by atoms with Crippen LogP contribution in [0.2, 0.25) is 0 Å². The van der Waals surface area contributed by atoms with E-state index < -0.39 is 77.8 Å². The summed E-state index contributed by atoms with van der Waals surface area (Å²) < 4.78 is 42.2. The average molecular weight is 998 g/mol. The third-order valence-electron chi connectivity index (χ3n) is 16.1. The molecule has 5 aliphatic rings. The van der Waals surface area contributed by atoms with E-state index in [1.54, 1.807) is 41.1 Å². The predicted molar refractivity (Wildman–Crippen MR) is 268 cm³/mol. The van der Waals surface area contributed by atoms with Gasteiger partial charge in [0.2, 0.25) is 5.79 Å². The normalized spacial score (nSPS) is 41.2. The third-order valence-corrected chi connectivity index (χ3v) is 16.1. The van der Waals surface area contributed by atoms with Crippen molar-refractivity contribution in [1.82, 2.24) is 4.90 Å². The highest BCUT2D eigenvalue weighted by Gasteiger charge is 2.53. The molecule has 4 aliphatic heterocycles. The van der Waals surface area contributed by atoms with Crippen LogP contribution in [-0.2, 0) is 57.1 Å². The third kappa shape index (κ3) is 15.3. The lowest BCUT2D eigenvalue weighted by Crippen LogP contribution is -2.61. The number of amides is 1. The quantitative estimate of drug-likeness (QED) is 0.140. The average Bonchev–Trinajstić information content (AvgIpc) is 3.76. The fraction of sp³-hybridized carbons (Fsp3) is 0.768. The number of aliphatic hydroxyl groups is 2. The van der Waals surface area contributed by atoms with Gasteiger partial charge in [-0.1, -0.05) is 78.0 Å². The van der Waals surface area contributed by atoms with Gasteiger partial charge in [0.15, 0.2) is 5.78 Å². The van der Waals surface area contributed by atoms with Crippen LogP contribution in [0, 0.1) is 41.4 Å². The van der Waals surface area contributed by atoms with Crippen LogP contribution in [0.25, 0.3) is 0 Å². The van der Waals surface area contributed by atoms with E-state index in [0.29, 0.717) is 76.1 Å². The first-order valence-electron chi connectivity index (χ1n) is 26.4. The number of hydrogen-bond donors (Lipinski definition) is 2. The molecular weight excluding hydrogens is 911 g/mol. The van der Waals surface area contributed by atoms with Crippen molar-refractivity contribution in [3.8, 4) is 0 Å². The Morgan fingerprint density at radius 2 is 1.56 bits per heavy atom. The Kier molecular flexibility index (Phi) is 22.4. The molecule has 1 saturated carbocycles. The maximum atomic E-state index is 14.6. The van der Waals surface area contributed by atoms with E-state index in [0.717, 1.165) is 18.4 Å². The van der Waals surface area contributed by atoms with Gasteiger partial charge in [-0.25, -0.2) is 4.79 Å². The topological polar surface area (TPSA) is 194 Å². The number of nitrogens with zero attached hydrogens (tertiary/aromatic N) is 1. The van der Waals surface area contributed by atoms with Crippen LogP contribution in [0.4, 0.5) is 0 Å². The molecule has 17 atom stereocenters. The van der Waals surface area contributed by atoms with Gasteiger partial charge in [0.05, 0.1) is 43.7 Å². The highest BCUT2D eigenvalue weighted by atomic mass is 16.6. The number of piperidine rings is 1. The summed E-state index contributed by atoms with van der Waals surface area (Å²) in [7, 11) is 4.67. The van der Waals surface area contributed by atoms with Gasteiger partial charge in [0, 0.05) is 64.4 Å². The van der Waals surface area contributed by atoms with E-state index in [1.807, 2.05) is 58.1 Å². The lowest BCUT2D eigenvalue weighted by molar-refractivity contribution is -0.265. The largest absolute Gasteiger partial charge is 0.460 e. The van der Waals surface area contributed by atoms with E-state index in [4.69, 9.17) is 33.2 Å². The molecule has 6 unspecified atom stereocenters. The lowest BCUT2D eigenvalue weighted by Gasteiger charge is -2.42. The maximum absolute atomic E-state index is 14.6. The first-order chi connectivity index (χ1) is 33.7. The summed E-state index contributed by atoms with van der Waals surface area (Å²) in [4.78, 5) is 72.5. The van der Waals surface area contributed by atoms with Gasteiger partial charge >= 0.3 is 5.97 Å². The molecule has 4 heterocycles. The Bertz CT molecular complexity index is 1930. The number of methoxy groups -OCH3 is 3. The number of aliphatic hydroxyl groups excluding tert-OH is 1. The number of cyclic esters (lactones) is 1. The van der Waals surface area contributed by atoms with Crippen molar-refractivity contribution >= 4 is 29.2 Å². The van der Waals surface area contributed by atoms with Gasteiger partial charge in [-0.05, 0) is 107 Å². The number of esters is 1. The number of carbonyl (C=O) groups excluding carboxylic acids is 5. The van der Waals surface area contributed by atoms with Gasteiger partial charge in [-0.2, -0.15) is 0 Å². The van der Waals surface area contributed by atoms with E-state index in [-0.39, 0.29) is 67.0 Å². The summed E-state index contributed by atoms with van der Waals surface area (Å²) in [5.74, 6) is -7.53. The lowest BCUT2D eigenvalue weighted by atomic mass is 9.78. The molecule has 5 rings (SSSR count). The Morgan fingerprint density at radius 3 is 2.24 bits per heavy atom. The second-order valence-electron chi connectivity index (χ2n) is 21.8. The van der Waals surface area contributed by atoms with Gasteiger partial charge in [0.1, 0.15) is 30.1 Å².